The van der Waals surface area contributed by atoms with Gasteiger partial charge in [-0.15, -0.1) is 11.3 Å². The van der Waals surface area contributed by atoms with Crippen LogP contribution in [0, 0.1) is 11.7 Å². The number of rotatable bonds is 7. The van der Waals surface area contributed by atoms with E-state index in [1.54, 1.807) is 0 Å². The molecule has 6 N–H and O–H groups in total. The molecule has 0 aliphatic heterocycles. The van der Waals surface area contributed by atoms with Crippen molar-refractivity contribution in [3.05, 3.63) is 46.9 Å². The lowest BCUT2D eigenvalue weighted by Gasteiger charge is -2.14. The molecule has 26 heavy (non-hydrogen) atoms. The van der Waals surface area contributed by atoms with E-state index in [0.717, 1.165) is 16.0 Å². The molecule has 0 unspecified atom stereocenters. The maximum Gasteiger partial charge on any atom is 0.268 e. The third-order valence-electron chi connectivity index (χ3n) is 2.97. The van der Waals surface area contributed by atoms with Gasteiger partial charge in [0.25, 0.3) is 6.29 Å². The van der Waals surface area contributed by atoms with Crippen molar-refractivity contribution < 1.29 is 19.0 Å². The van der Waals surface area contributed by atoms with E-state index in [2.05, 4.69) is 16.8 Å². The van der Waals surface area contributed by atoms with Crippen LogP contribution in [0.2, 0.25) is 0 Å². The van der Waals surface area contributed by atoms with Crippen molar-refractivity contribution in [3.8, 4) is 11.1 Å². The highest BCUT2D eigenvalue weighted by molar-refractivity contribution is 7.11. The van der Waals surface area contributed by atoms with Crippen molar-refractivity contribution in [3.63, 3.8) is 0 Å². The molecule has 0 fully saturated rings. The van der Waals surface area contributed by atoms with E-state index in [0.29, 0.717) is 12.0 Å². The smallest absolute Gasteiger partial charge is 0.268 e. The lowest BCUT2D eigenvalue weighted by atomic mass is 10.1. The van der Waals surface area contributed by atoms with Gasteiger partial charge in [-0.25, -0.2) is 0 Å². The molecule has 2 rings (SSSR count). The van der Waals surface area contributed by atoms with Gasteiger partial charge in [0.05, 0.1) is 10.6 Å². The molecule has 0 atom stereocenters. The van der Waals surface area contributed by atoms with Gasteiger partial charge < -0.3 is 31.0 Å². The molecule has 0 saturated heterocycles. The first-order valence-corrected chi connectivity index (χ1v) is 8.33. The minimum Gasteiger partial charge on any atom is -0.375 e. The molecule has 1 aromatic carbocycles. The Kier molecular flexibility index (Phi) is 9.31. The fraction of sp³-hybridized carbons (Fsp3) is 0.235. The largest absolute Gasteiger partial charge is 0.375 e. The van der Waals surface area contributed by atoms with E-state index in [-0.39, 0.29) is 18.5 Å². The molecule has 1 amide bonds. The molecular weight excluding hydrogens is 356 g/mol. The maximum atomic E-state index is 11.9. The summed E-state index contributed by atoms with van der Waals surface area (Å²) >= 11 is 1.45. The molecule has 0 spiro atoms. The van der Waals surface area contributed by atoms with Gasteiger partial charge >= 0.3 is 0 Å². The second kappa shape index (κ2) is 11.2. The number of guanidine groups is 1. The number of carbonyl (C=O) groups is 1. The molecule has 1 radical (unpaired) electrons. The minimum atomic E-state index is -0.333. The zero-order valence-electron chi connectivity index (χ0n) is 14.9. The molecule has 0 aliphatic carbocycles. The van der Waals surface area contributed by atoms with Gasteiger partial charge in [0.1, 0.15) is 6.61 Å². The number of nitrogens with one attached hydrogen (secondary N) is 2. The zero-order chi connectivity index (χ0) is 19.5. The first kappa shape index (κ1) is 21.6. The molecule has 0 saturated carbocycles. The van der Waals surface area contributed by atoms with Crippen molar-refractivity contribution in [2.75, 3.05) is 33.3 Å². The topological polar surface area (TPSA) is 133 Å². The molecule has 0 aliphatic rings. The molecule has 1 heterocycles. The number of hydrogen-bond donors (Lipinski definition) is 4. The highest BCUT2D eigenvalue weighted by atomic mass is 32.1. The van der Waals surface area contributed by atoms with Crippen molar-refractivity contribution >= 4 is 28.9 Å². The standard InChI is InChI=1S/C16H18NO4S.CH5N3/c1-19-9-13(18)17-14-12(11-7-5-4-6-8-11)10-22-15(14)16(20-2)21-3;2-1(3)4/h4-8,10H,9H2,1-3H3,(H,17,18);(H5,2,3,4). The summed E-state index contributed by atoms with van der Waals surface area (Å²) in [5, 5.41) is 10.9. The third kappa shape index (κ3) is 6.45. The number of carbonyl (C=O) groups excluding carboxylic acids is 1. The number of anilines is 1. The summed E-state index contributed by atoms with van der Waals surface area (Å²) in [5.41, 5.74) is 11.5. The van der Waals surface area contributed by atoms with Crippen LogP contribution in [0.15, 0.2) is 35.7 Å². The molecule has 141 valence electrons. The van der Waals surface area contributed by atoms with Gasteiger partial charge in [-0.3, -0.25) is 10.2 Å². The Morgan fingerprint density at radius 2 is 1.73 bits per heavy atom. The summed E-state index contributed by atoms with van der Waals surface area (Å²) in [5.74, 6) is -0.564. The van der Waals surface area contributed by atoms with Crippen LogP contribution in [-0.4, -0.2) is 39.8 Å². The van der Waals surface area contributed by atoms with Gasteiger partial charge in [0, 0.05) is 32.3 Å². The number of benzene rings is 1. The highest BCUT2D eigenvalue weighted by Crippen LogP contribution is 2.40. The number of thiophene rings is 1. The predicted molar refractivity (Wildman–Crippen MR) is 103 cm³/mol. The second-order valence-electron chi connectivity index (χ2n) is 4.85. The molecule has 8 nitrogen and oxygen atoms in total. The summed E-state index contributed by atoms with van der Waals surface area (Å²) < 4.78 is 15.4. The van der Waals surface area contributed by atoms with Crippen LogP contribution < -0.4 is 16.8 Å². The SMILES string of the molecule is COCC(=O)Nc1c(-c2ccccc2)csc1[C](OC)OC.N=C(N)N. The molecule has 9 heteroatoms. The van der Waals surface area contributed by atoms with Gasteiger partial charge in [0.15, 0.2) is 5.96 Å². The van der Waals surface area contributed by atoms with Gasteiger partial charge in [0.2, 0.25) is 5.91 Å². The Labute approximate surface area is 156 Å². The van der Waals surface area contributed by atoms with Crippen molar-refractivity contribution in [1.82, 2.24) is 0 Å². The van der Waals surface area contributed by atoms with E-state index in [1.807, 2.05) is 35.7 Å². The van der Waals surface area contributed by atoms with Crippen LogP contribution in [0.1, 0.15) is 4.88 Å². The zero-order valence-corrected chi connectivity index (χ0v) is 15.7. The van der Waals surface area contributed by atoms with Crippen molar-refractivity contribution in [1.29, 1.82) is 5.41 Å². The average molecular weight is 379 g/mol. The van der Waals surface area contributed by atoms with Crippen LogP contribution in [0.25, 0.3) is 11.1 Å². The second-order valence-corrected chi connectivity index (χ2v) is 5.73. The lowest BCUT2D eigenvalue weighted by Crippen LogP contribution is -2.20. The number of methoxy groups -OCH3 is 3. The van der Waals surface area contributed by atoms with E-state index in [1.165, 1.54) is 32.7 Å². The molecular formula is C17H23N4O4S. The maximum absolute atomic E-state index is 11.9. The van der Waals surface area contributed by atoms with E-state index in [9.17, 15) is 4.79 Å². The van der Waals surface area contributed by atoms with Crippen LogP contribution in [0.5, 0.6) is 0 Å². The fourth-order valence-corrected chi connectivity index (χ4v) is 3.07. The number of amides is 1. The van der Waals surface area contributed by atoms with Gasteiger partial charge in [-0.1, -0.05) is 30.3 Å². The van der Waals surface area contributed by atoms with E-state index < -0.39 is 0 Å². The first-order chi connectivity index (χ1) is 12.4. The third-order valence-corrected chi connectivity index (χ3v) is 3.93. The fourth-order valence-electron chi connectivity index (χ4n) is 2.04. The summed E-state index contributed by atoms with van der Waals surface area (Å²) in [6.07, 6.45) is 0.361. The predicted octanol–water partition coefficient (Wildman–Crippen LogP) is 1.97. The summed E-state index contributed by atoms with van der Waals surface area (Å²) in [7, 11) is 4.54. The van der Waals surface area contributed by atoms with Crippen LogP contribution in [-0.2, 0) is 19.0 Å². The van der Waals surface area contributed by atoms with E-state index >= 15 is 0 Å². The Morgan fingerprint density at radius 1 is 1.15 bits per heavy atom. The number of hydrogen-bond acceptors (Lipinski definition) is 6. The van der Waals surface area contributed by atoms with Crippen LogP contribution in [0.3, 0.4) is 0 Å². The minimum absolute atomic E-state index is 0.0151. The quantitative estimate of drug-likeness (QED) is 0.429. The van der Waals surface area contributed by atoms with Gasteiger partial charge in [-0.2, -0.15) is 0 Å². The Balaban J connectivity index is 0.000000765. The Bertz CT molecular complexity index is 698. The first-order valence-electron chi connectivity index (χ1n) is 7.45. The van der Waals surface area contributed by atoms with Gasteiger partial charge in [-0.05, 0) is 5.56 Å². The molecule has 1 aromatic heterocycles. The summed E-state index contributed by atoms with van der Waals surface area (Å²) in [6.45, 7) is -0.0151. The molecule has 0 bridgehead atoms. The summed E-state index contributed by atoms with van der Waals surface area (Å²) in [6, 6.07) is 9.81. The van der Waals surface area contributed by atoms with Crippen molar-refractivity contribution in [2.45, 2.75) is 0 Å². The normalized spacial score (nSPS) is 10.2. The highest BCUT2D eigenvalue weighted by Gasteiger charge is 2.23. The summed E-state index contributed by atoms with van der Waals surface area (Å²) in [4.78, 5) is 12.7. The molecule has 2 aromatic rings. The number of nitrogens with two attached hydrogens (primary N) is 2. The van der Waals surface area contributed by atoms with Crippen molar-refractivity contribution in [2.24, 2.45) is 11.5 Å². The Morgan fingerprint density at radius 3 is 2.23 bits per heavy atom. The van der Waals surface area contributed by atoms with E-state index in [4.69, 9.17) is 19.6 Å². The lowest BCUT2D eigenvalue weighted by molar-refractivity contribution is -0.119. The monoisotopic (exact) mass is 379 g/mol. The average Bonchev–Trinajstić information content (AvgIpc) is 3.00. The number of ether oxygens (including phenoxy) is 3. The van der Waals surface area contributed by atoms with Crippen LogP contribution in [0.4, 0.5) is 5.69 Å². The Hall–Kier alpha value is -2.46. The van der Waals surface area contributed by atoms with Crippen LogP contribution >= 0.6 is 11.3 Å².